The van der Waals surface area contributed by atoms with Gasteiger partial charge >= 0.3 is 0 Å². The summed E-state index contributed by atoms with van der Waals surface area (Å²) >= 11 is 1.28. The van der Waals surface area contributed by atoms with E-state index in [0.717, 1.165) is 19.3 Å². The third-order valence-electron chi connectivity index (χ3n) is 8.99. The highest BCUT2D eigenvalue weighted by molar-refractivity contribution is 7.11. The van der Waals surface area contributed by atoms with E-state index < -0.39 is 17.4 Å². The van der Waals surface area contributed by atoms with E-state index in [2.05, 4.69) is 24.1 Å². The molecule has 11 heteroatoms. The molecule has 1 saturated carbocycles. The Labute approximate surface area is 228 Å². The number of ether oxygens (including phenoxy) is 1. The third kappa shape index (κ3) is 5.06. The Morgan fingerprint density at radius 1 is 1.13 bits per heavy atom. The first-order valence-electron chi connectivity index (χ1n) is 13.6. The molecule has 38 heavy (non-hydrogen) atoms. The van der Waals surface area contributed by atoms with Gasteiger partial charge in [0.2, 0.25) is 17.7 Å². The molecule has 0 radical (unpaired) electrons. The first kappa shape index (κ1) is 27.1. The van der Waals surface area contributed by atoms with Crippen molar-refractivity contribution in [3.05, 3.63) is 16.6 Å². The maximum atomic E-state index is 13.6. The average molecular weight is 546 g/mol. The van der Waals surface area contributed by atoms with Crippen molar-refractivity contribution in [2.45, 2.75) is 46.1 Å². The van der Waals surface area contributed by atoms with Gasteiger partial charge < -0.3 is 24.8 Å². The molecule has 1 aromatic rings. The summed E-state index contributed by atoms with van der Waals surface area (Å²) in [6, 6.07) is -0.669. The van der Waals surface area contributed by atoms with E-state index in [1.54, 1.807) is 30.6 Å². The molecular weight excluding hydrogens is 506 g/mol. The molecule has 10 nitrogen and oxygen atoms in total. The number of hydrogen-bond acceptors (Lipinski definition) is 7. The van der Waals surface area contributed by atoms with Crippen LogP contribution >= 0.6 is 11.3 Å². The van der Waals surface area contributed by atoms with Crippen molar-refractivity contribution in [3.8, 4) is 0 Å². The van der Waals surface area contributed by atoms with Gasteiger partial charge in [0.25, 0.3) is 5.91 Å². The lowest BCUT2D eigenvalue weighted by molar-refractivity contribution is -0.152. The van der Waals surface area contributed by atoms with Gasteiger partial charge in [0.1, 0.15) is 10.9 Å². The number of nitrogens with zero attached hydrogens (tertiary/aromatic N) is 4. The van der Waals surface area contributed by atoms with Gasteiger partial charge in [0, 0.05) is 57.7 Å². The van der Waals surface area contributed by atoms with Gasteiger partial charge in [0.05, 0.1) is 24.2 Å². The van der Waals surface area contributed by atoms with Crippen molar-refractivity contribution in [3.63, 3.8) is 0 Å². The van der Waals surface area contributed by atoms with E-state index in [1.165, 1.54) is 11.3 Å². The summed E-state index contributed by atoms with van der Waals surface area (Å²) in [5.41, 5.74) is 1.15. The zero-order valence-electron chi connectivity index (χ0n) is 22.8. The van der Waals surface area contributed by atoms with Crippen molar-refractivity contribution in [2.75, 3.05) is 53.0 Å². The van der Waals surface area contributed by atoms with Crippen LogP contribution in [0, 0.1) is 28.6 Å². The minimum Gasteiger partial charge on any atom is -0.384 e. The fourth-order valence-electron chi connectivity index (χ4n) is 6.55. The number of rotatable bonds is 7. The molecule has 1 N–H and O–H groups in total. The molecule has 0 bridgehead atoms. The van der Waals surface area contributed by atoms with Crippen LogP contribution in [0.2, 0.25) is 0 Å². The summed E-state index contributed by atoms with van der Waals surface area (Å²) in [5.74, 6) is -0.468. The van der Waals surface area contributed by atoms with Crippen LogP contribution in [0.4, 0.5) is 0 Å². The number of carbonyl (C=O) groups excluding carboxylic acids is 4. The molecule has 1 spiro atoms. The van der Waals surface area contributed by atoms with Gasteiger partial charge in [-0.25, -0.2) is 0 Å². The summed E-state index contributed by atoms with van der Waals surface area (Å²) in [7, 11) is 1.67. The monoisotopic (exact) mass is 545 g/mol. The van der Waals surface area contributed by atoms with Crippen LogP contribution in [-0.2, 0) is 19.1 Å². The lowest BCUT2D eigenvalue weighted by Crippen LogP contribution is -2.65. The van der Waals surface area contributed by atoms with Gasteiger partial charge in [-0.15, -0.1) is 11.3 Å². The summed E-state index contributed by atoms with van der Waals surface area (Å²) in [6.07, 6.45) is 4.38. The molecular formula is C27H39N5O5S. The molecule has 5 rings (SSSR count). The Hall–Kier alpha value is -2.53. The van der Waals surface area contributed by atoms with Gasteiger partial charge in [0.15, 0.2) is 0 Å². The maximum Gasteiger partial charge on any atom is 0.265 e. The van der Waals surface area contributed by atoms with E-state index in [1.807, 2.05) is 9.80 Å². The van der Waals surface area contributed by atoms with Crippen LogP contribution in [0.15, 0.2) is 11.7 Å². The van der Waals surface area contributed by atoms with Crippen LogP contribution in [-0.4, -0.2) is 102 Å². The zero-order chi connectivity index (χ0) is 27.2. The Kier molecular flexibility index (Phi) is 7.28. The van der Waals surface area contributed by atoms with Crippen molar-refractivity contribution in [1.29, 1.82) is 0 Å². The molecule has 4 aliphatic rings. The third-order valence-corrected chi connectivity index (χ3v) is 9.75. The molecule has 208 valence electrons. The fourth-order valence-corrected chi connectivity index (χ4v) is 7.13. The second-order valence-corrected chi connectivity index (χ2v) is 13.3. The predicted molar refractivity (Wildman–Crippen MR) is 141 cm³/mol. The summed E-state index contributed by atoms with van der Waals surface area (Å²) in [5, 5.41) is 2.96. The number of piperidine rings is 1. The smallest absolute Gasteiger partial charge is 0.265 e. The summed E-state index contributed by atoms with van der Waals surface area (Å²) < 4.78 is 5.28. The van der Waals surface area contributed by atoms with E-state index >= 15 is 0 Å². The van der Waals surface area contributed by atoms with Gasteiger partial charge in [-0.05, 0) is 37.5 Å². The minimum atomic E-state index is -0.669. The molecule has 4 amide bonds. The van der Waals surface area contributed by atoms with Crippen molar-refractivity contribution in [2.24, 2.45) is 28.6 Å². The number of hydrogen-bond donors (Lipinski definition) is 1. The van der Waals surface area contributed by atoms with E-state index in [0.29, 0.717) is 50.1 Å². The Balaban J connectivity index is 1.26. The topological polar surface area (TPSA) is 112 Å². The largest absolute Gasteiger partial charge is 0.384 e. The predicted octanol–water partition coefficient (Wildman–Crippen LogP) is 1.48. The van der Waals surface area contributed by atoms with Crippen LogP contribution in [0.25, 0.3) is 0 Å². The fraction of sp³-hybridized carbons (Fsp3) is 0.741. The highest BCUT2D eigenvalue weighted by Crippen LogP contribution is 2.54. The Morgan fingerprint density at radius 3 is 2.47 bits per heavy atom. The first-order chi connectivity index (χ1) is 18.0. The standard InChI is InChI=1S/C27H39N5O5S/c1-17(23(34)30-7-5-6-18(10-30)12-37-4)29-22(33)20-11-31(25(36)21-9-28-16-38-21)13-27(20)14-32(15-27)24(35)19-8-26(19,2)3/h9,16-20H,5-8,10-15H2,1-4H3,(H,29,33)/t17-,18+,19-,20+/m1/s1. The zero-order valence-corrected chi connectivity index (χ0v) is 23.6. The number of likely N-dealkylation sites (tertiary alicyclic amines) is 3. The van der Waals surface area contributed by atoms with Crippen LogP contribution in [0.1, 0.15) is 49.7 Å². The Morgan fingerprint density at radius 2 is 1.84 bits per heavy atom. The molecule has 0 aromatic carbocycles. The average Bonchev–Trinajstić information content (AvgIpc) is 3.26. The van der Waals surface area contributed by atoms with Crippen LogP contribution in [0.3, 0.4) is 0 Å². The van der Waals surface area contributed by atoms with Crippen molar-refractivity contribution >= 4 is 35.0 Å². The number of methoxy groups -OCH3 is 1. The number of amides is 4. The quantitative estimate of drug-likeness (QED) is 0.556. The molecule has 1 aliphatic carbocycles. The number of nitrogens with one attached hydrogen (secondary N) is 1. The minimum absolute atomic E-state index is 0.0347. The van der Waals surface area contributed by atoms with Crippen molar-refractivity contribution < 1.29 is 23.9 Å². The second kappa shape index (κ2) is 10.2. The number of carbonyl (C=O) groups is 4. The number of thiazole rings is 1. The normalized spacial score (nSPS) is 28.1. The van der Waals surface area contributed by atoms with E-state index in [9.17, 15) is 19.2 Å². The molecule has 3 saturated heterocycles. The van der Waals surface area contributed by atoms with Gasteiger partial charge in [-0.3, -0.25) is 24.2 Å². The SMILES string of the molecule is COC[C@H]1CCCN(C(=O)[C@@H](C)NC(=O)[C@@H]2CN(C(=O)c3cncs3)CC23CN(C(=O)[C@H]2CC2(C)C)C3)C1. The lowest BCUT2D eigenvalue weighted by Gasteiger charge is -2.50. The second-order valence-electron chi connectivity index (χ2n) is 12.4. The highest BCUT2D eigenvalue weighted by Gasteiger charge is 2.62. The Bertz CT molecular complexity index is 1080. The van der Waals surface area contributed by atoms with Crippen LogP contribution < -0.4 is 5.32 Å². The van der Waals surface area contributed by atoms with Crippen molar-refractivity contribution in [1.82, 2.24) is 25.0 Å². The maximum absolute atomic E-state index is 13.6. The van der Waals surface area contributed by atoms with Crippen LogP contribution in [0.5, 0.6) is 0 Å². The molecule has 3 aliphatic heterocycles. The molecule has 4 fully saturated rings. The molecule has 4 atom stereocenters. The first-order valence-corrected chi connectivity index (χ1v) is 14.5. The van der Waals surface area contributed by atoms with E-state index in [-0.39, 0.29) is 41.5 Å². The van der Waals surface area contributed by atoms with Gasteiger partial charge in [-0.1, -0.05) is 13.8 Å². The summed E-state index contributed by atoms with van der Waals surface area (Å²) in [4.78, 5) is 63.0. The number of aromatic nitrogens is 1. The highest BCUT2D eigenvalue weighted by atomic mass is 32.1. The molecule has 1 aromatic heterocycles. The van der Waals surface area contributed by atoms with Gasteiger partial charge in [-0.2, -0.15) is 0 Å². The lowest BCUT2D eigenvalue weighted by atomic mass is 9.70. The summed E-state index contributed by atoms with van der Waals surface area (Å²) in [6.45, 7) is 9.44. The van der Waals surface area contributed by atoms with E-state index in [4.69, 9.17) is 4.74 Å². The molecule has 0 unspecified atom stereocenters. The molecule has 4 heterocycles.